The number of carbonyl (C=O) groups excluding carboxylic acids is 1. The number of ether oxygens (including phenoxy) is 4. The summed E-state index contributed by atoms with van der Waals surface area (Å²) in [7, 11) is 1.59. The van der Waals surface area contributed by atoms with Crippen molar-refractivity contribution in [1.29, 1.82) is 0 Å². The zero-order chi connectivity index (χ0) is 22.1. The van der Waals surface area contributed by atoms with Gasteiger partial charge in [-0.2, -0.15) is 0 Å². The maximum absolute atomic E-state index is 11.4. The molecular weight excluding hydrogens is 406 g/mol. The van der Waals surface area contributed by atoms with Gasteiger partial charge in [0.25, 0.3) is 0 Å². The summed E-state index contributed by atoms with van der Waals surface area (Å²) in [6, 6.07) is 12.2. The molecule has 0 bridgehead atoms. The second-order valence-corrected chi connectivity index (χ2v) is 8.65. The summed E-state index contributed by atoms with van der Waals surface area (Å²) < 4.78 is 22.8. The average molecular weight is 436 g/mol. The number of nitrogens with one attached hydrogen (secondary N) is 1. The van der Waals surface area contributed by atoms with E-state index in [4.69, 9.17) is 18.9 Å². The normalized spacial score (nSPS) is 25.6. The van der Waals surface area contributed by atoms with E-state index in [1.165, 1.54) is 12.5 Å². The van der Waals surface area contributed by atoms with Crippen LogP contribution in [0.15, 0.2) is 48.6 Å². The molecule has 0 spiro atoms. The summed E-state index contributed by atoms with van der Waals surface area (Å²) in [5.41, 5.74) is 3.41. The Morgan fingerprint density at radius 3 is 2.88 bits per heavy atom. The number of methoxy groups -OCH3 is 1. The predicted octanol–water partition coefficient (Wildman–Crippen LogP) is 5.00. The van der Waals surface area contributed by atoms with Crippen molar-refractivity contribution in [3.05, 3.63) is 59.7 Å². The summed E-state index contributed by atoms with van der Waals surface area (Å²) in [4.78, 5) is 11.4. The van der Waals surface area contributed by atoms with Crippen LogP contribution in [-0.2, 0) is 9.53 Å². The van der Waals surface area contributed by atoms with E-state index >= 15 is 0 Å². The molecule has 6 heteroatoms. The maximum Gasteiger partial charge on any atom is 0.308 e. The highest BCUT2D eigenvalue weighted by atomic mass is 16.6. The molecule has 2 aromatic carbocycles. The van der Waals surface area contributed by atoms with Gasteiger partial charge in [0.2, 0.25) is 0 Å². The highest BCUT2D eigenvalue weighted by molar-refractivity contribution is 5.71. The number of rotatable bonds is 6. The first-order chi connectivity index (χ1) is 15.6. The Kier molecular flexibility index (Phi) is 5.79. The zero-order valence-electron chi connectivity index (χ0n) is 18.5. The van der Waals surface area contributed by atoms with Gasteiger partial charge in [0.1, 0.15) is 12.4 Å². The highest BCUT2D eigenvalue weighted by Crippen LogP contribution is 2.52. The van der Waals surface area contributed by atoms with Crippen LogP contribution >= 0.6 is 0 Å². The molecule has 32 heavy (non-hydrogen) atoms. The fourth-order valence-electron chi connectivity index (χ4n) is 5.12. The molecule has 1 N–H and O–H groups in total. The van der Waals surface area contributed by atoms with E-state index in [0.29, 0.717) is 29.9 Å². The van der Waals surface area contributed by atoms with Gasteiger partial charge >= 0.3 is 5.97 Å². The van der Waals surface area contributed by atoms with E-state index in [1.807, 2.05) is 24.3 Å². The molecule has 0 radical (unpaired) electrons. The van der Waals surface area contributed by atoms with Gasteiger partial charge in [-0.15, -0.1) is 0 Å². The van der Waals surface area contributed by atoms with Crippen molar-refractivity contribution < 1.29 is 23.7 Å². The van der Waals surface area contributed by atoms with E-state index in [2.05, 4.69) is 29.6 Å². The highest BCUT2D eigenvalue weighted by Gasteiger charge is 2.39. The summed E-state index contributed by atoms with van der Waals surface area (Å²) in [5, 5.41) is 3.77. The lowest BCUT2D eigenvalue weighted by Crippen LogP contribution is -2.29. The zero-order valence-corrected chi connectivity index (χ0v) is 18.5. The van der Waals surface area contributed by atoms with Crippen molar-refractivity contribution in [1.82, 2.24) is 0 Å². The van der Waals surface area contributed by atoms with E-state index in [-0.39, 0.29) is 18.1 Å². The quantitative estimate of drug-likeness (QED) is 0.391. The predicted molar refractivity (Wildman–Crippen MR) is 122 cm³/mol. The van der Waals surface area contributed by atoms with Gasteiger partial charge in [0, 0.05) is 19.4 Å². The molecule has 0 aromatic heterocycles. The summed E-state index contributed by atoms with van der Waals surface area (Å²) >= 11 is 0. The molecule has 4 unspecified atom stereocenters. The largest absolute Gasteiger partial charge is 0.493 e. The van der Waals surface area contributed by atoms with Crippen LogP contribution in [0.1, 0.15) is 49.3 Å². The van der Waals surface area contributed by atoms with E-state index < -0.39 is 0 Å². The van der Waals surface area contributed by atoms with Crippen LogP contribution < -0.4 is 19.5 Å². The Morgan fingerprint density at radius 1 is 1.19 bits per heavy atom. The third-order valence-corrected chi connectivity index (χ3v) is 6.61. The SMILES string of the molecule is COc1cc(C2Nc3c(OCC4CCCO4)cccc3C3C=CCC32)ccc1OC(C)=O. The van der Waals surface area contributed by atoms with E-state index in [9.17, 15) is 4.79 Å². The topological polar surface area (TPSA) is 66.0 Å². The van der Waals surface area contributed by atoms with Crippen molar-refractivity contribution in [3.63, 3.8) is 0 Å². The minimum Gasteiger partial charge on any atom is -0.493 e. The molecule has 168 valence electrons. The number of hydrogen-bond acceptors (Lipinski definition) is 6. The smallest absolute Gasteiger partial charge is 0.308 e. The van der Waals surface area contributed by atoms with Crippen LogP contribution in [-0.4, -0.2) is 32.4 Å². The summed E-state index contributed by atoms with van der Waals surface area (Å²) in [6.45, 7) is 2.78. The van der Waals surface area contributed by atoms with Crippen LogP contribution in [0.2, 0.25) is 0 Å². The number of esters is 1. The van der Waals surface area contributed by atoms with Gasteiger partial charge in [-0.1, -0.05) is 30.4 Å². The Hall–Kier alpha value is -2.99. The fraction of sp³-hybridized carbons (Fsp3) is 0.423. The Balaban J connectivity index is 1.46. The summed E-state index contributed by atoms with van der Waals surface area (Å²) in [6.07, 6.45) is 7.89. The van der Waals surface area contributed by atoms with Crippen molar-refractivity contribution in [3.8, 4) is 17.2 Å². The molecule has 0 saturated carbocycles. The van der Waals surface area contributed by atoms with Crippen LogP contribution in [0.3, 0.4) is 0 Å². The second kappa shape index (κ2) is 8.87. The second-order valence-electron chi connectivity index (χ2n) is 8.65. The third kappa shape index (κ3) is 3.95. The molecule has 2 heterocycles. The number of anilines is 1. The number of carbonyl (C=O) groups is 1. The molecule has 2 aliphatic heterocycles. The Morgan fingerprint density at radius 2 is 2.09 bits per heavy atom. The first kappa shape index (κ1) is 20.9. The van der Waals surface area contributed by atoms with Gasteiger partial charge in [0.15, 0.2) is 11.5 Å². The Bertz CT molecular complexity index is 1030. The van der Waals surface area contributed by atoms with E-state index in [1.54, 1.807) is 7.11 Å². The monoisotopic (exact) mass is 435 g/mol. The lowest BCUT2D eigenvalue weighted by atomic mass is 9.77. The van der Waals surface area contributed by atoms with Gasteiger partial charge in [-0.05, 0) is 54.5 Å². The molecule has 1 aliphatic carbocycles. The third-order valence-electron chi connectivity index (χ3n) is 6.61. The van der Waals surface area contributed by atoms with Crippen molar-refractivity contribution in [2.45, 2.75) is 44.2 Å². The minimum absolute atomic E-state index is 0.0789. The minimum atomic E-state index is -0.367. The van der Waals surface area contributed by atoms with Crippen LogP contribution in [0.4, 0.5) is 5.69 Å². The van der Waals surface area contributed by atoms with Crippen molar-refractivity contribution >= 4 is 11.7 Å². The van der Waals surface area contributed by atoms with Crippen LogP contribution in [0.5, 0.6) is 17.2 Å². The molecule has 0 amide bonds. The van der Waals surface area contributed by atoms with Crippen molar-refractivity contribution in [2.24, 2.45) is 5.92 Å². The molecule has 2 aromatic rings. The first-order valence-electron chi connectivity index (χ1n) is 11.3. The molecule has 1 fully saturated rings. The van der Waals surface area contributed by atoms with Crippen molar-refractivity contribution in [2.75, 3.05) is 25.6 Å². The number of fused-ring (bicyclic) bond motifs is 3. The number of allylic oxidation sites excluding steroid dienone is 2. The molecule has 6 nitrogen and oxygen atoms in total. The first-order valence-corrected chi connectivity index (χ1v) is 11.3. The maximum atomic E-state index is 11.4. The molecule has 1 saturated heterocycles. The van der Waals surface area contributed by atoms with Gasteiger partial charge in [-0.25, -0.2) is 0 Å². The van der Waals surface area contributed by atoms with Crippen LogP contribution in [0.25, 0.3) is 0 Å². The van der Waals surface area contributed by atoms with Crippen LogP contribution in [0, 0.1) is 5.92 Å². The molecular formula is C26H29NO5. The number of benzene rings is 2. The standard InChI is InChI=1S/C26H29NO5/c1-16(28)32-22-12-11-17(14-24(22)29-2)25-20-8-3-7-19(20)21-9-4-10-23(26(21)27-25)31-15-18-6-5-13-30-18/h3-4,7,9-12,14,18-20,25,27H,5-6,8,13,15H2,1-2H3. The summed E-state index contributed by atoms with van der Waals surface area (Å²) in [5.74, 6) is 2.19. The molecule has 3 aliphatic rings. The average Bonchev–Trinajstić information content (AvgIpc) is 3.49. The van der Waals surface area contributed by atoms with Gasteiger partial charge < -0.3 is 24.3 Å². The fourth-order valence-corrected chi connectivity index (χ4v) is 5.12. The number of para-hydroxylation sites is 1. The van der Waals surface area contributed by atoms with Gasteiger partial charge in [0.05, 0.1) is 24.9 Å². The van der Waals surface area contributed by atoms with Gasteiger partial charge in [-0.3, -0.25) is 4.79 Å². The molecule has 5 rings (SSSR count). The number of hydrogen-bond donors (Lipinski definition) is 1. The Labute approximate surface area is 188 Å². The lowest BCUT2D eigenvalue weighted by molar-refractivity contribution is -0.132. The lowest BCUT2D eigenvalue weighted by Gasteiger charge is -2.38. The van der Waals surface area contributed by atoms with E-state index in [0.717, 1.165) is 42.9 Å². The molecule has 4 atom stereocenters.